The average Bonchev–Trinajstić information content (AvgIpc) is 2.28. The Kier molecular flexibility index (Phi) is 3.42. The summed E-state index contributed by atoms with van der Waals surface area (Å²) < 4.78 is 5.95. The Bertz CT molecular complexity index is 522. The maximum atomic E-state index is 12.6. The zero-order valence-electron chi connectivity index (χ0n) is 12.4. The summed E-state index contributed by atoms with van der Waals surface area (Å²) >= 11 is 0. The average molecular weight is 278 g/mol. The molecule has 0 unspecified atom stereocenters. The molecule has 1 amide bonds. The minimum atomic E-state index is -0.423. The maximum Gasteiger partial charge on any atom is 0.257 e. The number of amides is 1. The number of phenols is 1. The summed E-state index contributed by atoms with van der Waals surface area (Å²) in [5.74, 6) is -0.376. The van der Waals surface area contributed by atoms with E-state index in [-0.39, 0.29) is 22.9 Å². The van der Waals surface area contributed by atoms with Crippen molar-refractivity contribution in [2.24, 2.45) is 0 Å². The van der Waals surface area contributed by atoms with Gasteiger partial charge >= 0.3 is 0 Å². The molecule has 0 aliphatic carbocycles. The second kappa shape index (κ2) is 4.66. The van der Waals surface area contributed by atoms with E-state index in [4.69, 9.17) is 10.5 Å². The van der Waals surface area contributed by atoms with Crippen LogP contribution in [0.25, 0.3) is 0 Å². The topological polar surface area (TPSA) is 75.8 Å². The van der Waals surface area contributed by atoms with Gasteiger partial charge in [0.05, 0.1) is 22.5 Å². The molecule has 3 N–H and O–H groups in total. The first-order chi connectivity index (χ1) is 9.11. The van der Waals surface area contributed by atoms with Gasteiger partial charge in [-0.05, 0) is 39.8 Å². The molecule has 0 spiro atoms. The lowest BCUT2D eigenvalue weighted by Gasteiger charge is -2.47. The number of anilines is 1. The standard InChI is InChI=1S/C15H22N2O3/c1-14(2)8-17(9-15(3,4)20-14)13(19)10-6-5-7-11(16)12(10)18/h5-7,18H,8-9,16H2,1-4H3. The summed E-state index contributed by atoms with van der Waals surface area (Å²) in [6, 6.07) is 4.82. The van der Waals surface area contributed by atoms with Gasteiger partial charge in [-0.1, -0.05) is 6.07 Å². The van der Waals surface area contributed by atoms with Crippen molar-refractivity contribution >= 4 is 11.6 Å². The van der Waals surface area contributed by atoms with Crippen LogP contribution >= 0.6 is 0 Å². The molecule has 1 aromatic rings. The van der Waals surface area contributed by atoms with Crippen LogP contribution < -0.4 is 5.73 Å². The fourth-order valence-electron chi connectivity index (χ4n) is 2.84. The summed E-state index contributed by atoms with van der Waals surface area (Å²) in [4.78, 5) is 14.3. The van der Waals surface area contributed by atoms with Crippen LogP contribution in [0.2, 0.25) is 0 Å². The zero-order valence-corrected chi connectivity index (χ0v) is 12.4. The number of phenolic OH excluding ortho intramolecular Hbond substituents is 1. The monoisotopic (exact) mass is 278 g/mol. The van der Waals surface area contributed by atoms with E-state index in [1.54, 1.807) is 23.1 Å². The van der Waals surface area contributed by atoms with Crippen molar-refractivity contribution in [3.8, 4) is 5.75 Å². The number of carbonyl (C=O) groups is 1. The molecule has 20 heavy (non-hydrogen) atoms. The molecule has 1 heterocycles. The molecular formula is C15H22N2O3. The van der Waals surface area contributed by atoms with Gasteiger partial charge in [0.1, 0.15) is 0 Å². The second-order valence-corrected chi connectivity index (χ2v) is 6.53. The van der Waals surface area contributed by atoms with Crippen LogP contribution in [0.4, 0.5) is 5.69 Å². The molecular weight excluding hydrogens is 256 g/mol. The van der Waals surface area contributed by atoms with Gasteiger partial charge in [-0.3, -0.25) is 4.79 Å². The lowest BCUT2D eigenvalue weighted by molar-refractivity contribution is -0.171. The highest BCUT2D eigenvalue weighted by atomic mass is 16.5. The molecule has 1 saturated heterocycles. The number of nitrogens with two attached hydrogens (primary N) is 1. The molecule has 2 rings (SSSR count). The Morgan fingerprint density at radius 2 is 1.80 bits per heavy atom. The first kappa shape index (κ1) is 14.7. The molecule has 0 bridgehead atoms. The van der Waals surface area contributed by atoms with E-state index in [0.29, 0.717) is 13.1 Å². The molecule has 1 aromatic carbocycles. The molecule has 5 nitrogen and oxygen atoms in total. The first-order valence-corrected chi connectivity index (χ1v) is 6.68. The van der Waals surface area contributed by atoms with Crippen molar-refractivity contribution in [2.45, 2.75) is 38.9 Å². The highest BCUT2D eigenvalue weighted by molar-refractivity contribution is 5.98. The molecule has 110 valence electrons. The number of benzene rings is 1. The van der Waals surface area contributed by atoms with E-state index >= 15 is 0 Å². The smallest absolute Gasteiger partial charge is 0.257 e. The summed E-state index contributed by atoms with van der Waals surface area (Å²) in [6.45, 7) is 8.76. The van der Waals surface area contributed by atoms with E-state index in [9.17, 15) is 9.90 Å². The van der Waals surface area contributed by atoms with E-state index in [0.717, 1.165) is 0 Å². The Morgan fingerprint density at radius 1 is 1.25 bits per heavy atom. The number of carbonyl (C=O) groups excluding carboxylic acids is 1. The Morgan fingerprint density at radius 3 is 2.35 bits per heavy atom. The van der Waals surface area contributed by atoms with Gasteiger partial charge < -0.3 is 20.5 Å². The zero-order chi connectivity index (χ0) is 15.1. The number of nitrogen functional groups attached to an aromatic ring is 1. The third-order valence-corrected chi connectivity index (χ3v) is 3.28. The third kappa shape index (κ3) is 2.88. The van der Waals surface area contributed by atoms with E-state index in [1.807, 2.05) is 27.7 Å². The highest BCUT2D eigenvalue weighted by Gasteiger charge is 2.40. The normalized spacial score (nSPS) is 20.7. The van der Waals surface area contributed by atoms with Crippen molar-refractivity contribution in [1.29, 1.82) is 0 Å². The minimum Gasteiger partial charge on any atom is -0.505 e. The van der Waals surface area contributed by atoms with Crippen LogP contribution in [0.1, 0.15) is 38.1 Å². The number of nitrogens with zero attached hydrogens (tertiary/aromatic N) is 1. The number of para-hydroxylation sites is 1. The Balaban J connectivity index is 2.31. The van der Waals surface area contributed by atoms with Crippen LogP contribution in [-0.4, -0.2) is 40.2 Å². The molecule has 1 aliphatic heterocycles. The van der Waals surface area contributed by atoms with Crippen molar-refractivity contribution in [2.75, 3.05) is 18.8 Å². The van der Waals surface area contributed by atoms with Gasteiger partial charge in [0.2, 0.25) is 0 Å². The summed E-state index contributed by atoms with van der Waals surface area (Å²) in [6.07, 6.45) is 0. The Hall–Kier alpha value is -1.75. The third-order valence-electron chi connectivity index (χ3n) is 3.28. The van der Waals surface area contributed by atoms with Crippen LogP contribution in [-0.2, 0) is 4.74 Å². The fourth-order valence-corrected chi connectivity index (χ4v) is 2.84. The quantitative estimate of drug-likeness (QED) is 0.608. The van der Waals surface area contributed by atoms with Gasteiger partial charge in [0.15, 0.2) is 5.75 Å². The largest absolute Gasteiger partial charge is 0.505 e. The molecule has 0 aromatic heterocycles. The van der Waals surface area contributed by atoms with Crippen LogP contribution in [0.15, 0.2) is 18.2 Å². The van der Waals surface area contributed by atoms with E-state index in [1.165, 1.54) is 0 Å². The number of aromatic hydroxyl groups is 1. The van der Waals surface area contributed by atoms with Gasteiger partial charge in [0, 0.05) is 13.1 Å². The molecule has 1 aliphatic rings. The number of hydrogen-bond acceptors (Lipinski definition) is 4. The lowest BCUT2D eigenvalue weighted by Crippen LogP contribution is -2.58. The molecule has 0 radical (unpaired) electrons. The number of hydrogen-bond donors (Lipinski definition) is 2. The predicted octanol–water partition coefficient (Wildman–Crippen LogP) is 2.00. The van der Waals surface area contributed by atoms with E-state index < -0.39 is 11.2 Å². The van der Waals surface area contributed by atoms with Gasteiger partial charge in [0.25, 0.3) is 5.91 Å². The lowest BCUT2D eigenvalue weighted by atomic mass is 9.98. The predicted molar refractivity (Wildman–Crippen MR) is 77.7 cm³/mol. The highest BCUT2D eigenvalue weighted by Crippen LogP contribution is 2.31. The van der Waals surface area contributed by atoms with Crippen molar-refractivity contribution in [1.82, 2.24) is 4.90 Å². The van der Waals surface area contributed by atoms with Crippen LogP contribution in [0.3, 0.4) is 0 Å². The summed E-state index contributed by atoms with van der Waals surface area (Å²) in [5.41, 5.74) is 5.25. The van der Waals surface area contributed by atoms with Gasteiger partial charge in [-0.25, -0.2) is 0 Å². The van der Waals surface area contributed by atoms with Crippen molar-refractivity contribution in [3.63, 3.8) is 0 Å². The fraction of sp³-hybridized carbons (Fsp3) is 0.533. The van der Waals surface area contributed by atoms with Crippen molar-refractivity contribution < 1.29 is 14.6 Å². The molecule has 0 atom stereocenters. The molecule has 5 heteroatoms. The Labute approximate surface area is 119 Å². The minimum absolute atomic E-state index is 0.153. The molecule has 1 fully saturated rings. The van der Waals surface area contributed by atoms with Crippen LogP contribution in [0, 0.1) is 0 Å². The van der Waals surface area contributed by atoms with Gasteiger partial charge in [-0.15, -0.1) is 0 Å². The SMILES string of the molecule is CC1(C)CN(C(=O)c2cccc(N)c2O)CC(C)(C)O1. The second-order valence-electron chi connectivity index (χ2n) is 6.53. The molecule has 0 saturated carbocycles. The number of ether oxygens (including phenoxy) is 1. The number of morpholine rings is 1. The first-order valence-electron chi connectivity index (χ1n) is 6.68. The van der Waals surface area contributed by atoms with Crippen molar-refractivity contribution in [3.05, 3.63) is 23.8 Å². The maximum absolute atomic E-state index is 12.6. The van der Waals surface area contributed by atoms with Gasteiger partial charge in [-0.2, -0.15) is 0 Å². The number of rotatable bonds is 1. The summed E-state index contributed by atoms with van der Waals surface area (Å²) in [7, 11) is 0. The summed E-state index contributed by atoms with van der Waals surface area (Å²) in [5, 5.41) is 9.96. The van der Waals surface area contributed by atoms with E-state index in [2.05, 4.69) is 0 Å². The van der Waals surface area contributed by atoms with Crippen LogP contribution in [0.5, 0.6) is 5.75 Å².